The topological polar surface area (TPSA) is 75.6 Å². The van der Waals surface area contributed by atoms with Gasteiger partial charge in [0.05, 0.1) is 5.41 Å². The Hall–Kier alpha value is -2.04. The van der Waals surface area contributed by atoms with Gasteiger partial charge in [-0.2, -0.15) is 0 Å². The van der Waals surface area contributed by atoms with Crippen LogP contribution in [0.15, 0.2) is 30.3 Å². The summed E-state index contributed by atoms with van der Waals surface area (Å²) in [5, 5.41) is 12.0. The van der Waals surface area contributed by atoms with E-state index in [1.54, 1.807) is 0 Å². The fourth-order valence-electron chi connectivity index (χ4n) is 3.41. The number of hydrogen-bond acceptors (Lipinski definition) is 3. The molecule has 0 spiro atoms. The van der Waals surface area contributed by atoms with Crippen LogP contribution in [0, 0.1) is 11.3 Å². The van der Waals surface area contributed by atoms with Crippen molar-refractivity contribution in [2.45, 2.75) is 31.9 Å². The van der Waals surface area contributed by atoms with Crippen molar-refractivity contribution in [3.8, 4) is 0 Å². The Bertz CT molecular complexity index is 522. The highest BCUT2D eigenvalue weighted by molar-refractivity contribution is 5.79. The molecule has 1 unspecified atom stereocenters. The molecule has 106 valence electrons. The molecule has 2 bridgehead atoms. The fraction of sp³-hybridized carbons (Fsp3) is 0.467. The maximum Gasteiger partial charge on any atom is 0.407 e. The average molecular weight is 275 g/mol. The number of hydrogen-bond donors (Lipinski definition) is 2. The summed E-state index contributed by atoms with van der Waals surface area (Å²) in [6, 6.07) is 9.10. The Kier molecular flexibility index (Phi) is 3.12. The van der Waals surface area contributed by atoms with Crippen LogP contribution in [0.4, 0.5) is 4.79 Å². The molecule has 3 fully saturated rings. The van der Waals surface area contributed by atoms with Crippen molar-refractivity contribution in [1.29, 1.82) is 0 Å². The number of rotatable bonds is 4. The number of benzene rings is 1. The van der Waals surface area contributed by atoms with Crippen LogP contribution >= 0.6 is 0 Å². The molecule has 0 radical (unpaired) electrons. The Balaban J connectivity index is 1.54. The highest BCUT2D eigenvalue weighted by Crippen LogP contribution is 2.58. The summed E-state index contributed by atoms with van der Waals surface area (Å²) in [5.41, 5.74) is 0.155. The summed E-state index contributed by atoms with van der Waals surface area (Å²) in [5.74, 6) is -0.370. The van der Waals surface area contributed by atoms with Gasteiger partial charge in [-0.3, -0.25) is 4.79 Å². The van der Waals surface area contributed by atoms with Gasteiger partial charge in [-0.25, -0.2) is 4.79 Å². The van der Waals surface area contributed by atoms with Crippen molar-refractivity contribution in [3.05, 3.63) is 35.9 Å². The number of alkyl carbamates (subject to hydrolysis) is 1. The molecule has 5 heteroatoms. The second-order valence-electron chi connectivity index (χ2n) is 5.73. The molecule has 0 heterocycles. The van der Waals surface area contributed by atoms with Crippen molar-refractivity contribution in [2.75, 3.05) is 0 Å². The van der Waals surface area contributed by atoms with Crippen molar-refractivity contribution >= 4 is 12.1 Å². The molecule has 4 rings (SSSR count). The predicted molar refractivity (Wildman–Crippen MR) is 71.0 cm³/mol. The van der Waals surface area contributed by atoms with E-state index >= 15 is 0 Å². The standard InChI is InChI=1S/C15H17NO4/c17-13(18)15-7-11(8-15)6-12(15)16-14(19)20-9-10-4-2-1-3-5-10/h1-5,11-12H,6-9H2,(H,16,19)(H,17,18). The molecule has 3 saturated carbocycles. The number of amides is 1. The minimum atomic E-state index is -0.806. The first-order valence-corrected chi connectivity index (χ1v) is 6.81. The first-order chi connectivity index (χ1) is 9.60. The van der Waals surface area contributed by atoms with E-state index in [1.807, 2.05) is 30.3 Å². The Labute approximate surface area is 116 Å². The zero-order valence-corrected chi connectivity index (χ0v) is 11.0. The molecule has 0 saturated heterocycles. The lowest BCUT2D eigenvalue weighted by atomic mass is 9.68. The van der Waals surface area contributed by atoms with Crippen LogP contribution in [0.1, 0.15) is 24.8 Å². The summed E-state index contributed by atoms with van der Waals surface area (Å²) in [4.78, 5) is 23.1. The highest BCUT2D eigenvalue weighted by Gasteiger charge is 2.62. The molecule has 1 amide bonds. The third kappa shape index (κ3) is 2.13. The number of carboxylic acids is 1. The van der Waals surface area contributed by atoms with Crippen molar-refractivity contribution in [3.63, 3.8) is 0 Å². The van der Waals surface area contributed by atoms with Gasteiger partial charge < -0.3 is 15.2 Å². The number of carboxylic acid groups (broad SMARTS) is 1. The fourth-order valence-corrected chi connectivity index (χ4v) is 3.41. The van der Waals surface area contributed by atoms with E-state index in [4.69, 9.17) is 4.74 Å². The summed E-state index contributed by atoms with van der Waals surface area (Å²) in [7, 11) is 0. The predicted octanol–water partition coefficient (Wildman–Crippen LogP) is 2.17. The van der Waals surface area contributed by atoms with Crippen molar-refractivity contribution in [2.24, 2.45) is 11.3 Å². The first kappa shape index (κ1) is 13.0. The quantitative estimate of drug-likeness (QED) is 0.883. The third-order valence-corrected chi connectivity index (χ3v) is 4.47. The lowest BCUT2D eigenvalue weighted by Crippen LogP contribution is -2.50. The van der Waals surface area contributed by atoms with Crippen LogP contribution in [0.2, 0.25) is 0 Å². The van der Waals surface area contributed by atoms with E-state index in [0.717, 1.165) is 12.0 Å². The smallest absolute Gasteiger partial charge is 0.407 e. The Morgan fingerprint density at radius 2 is 2.00 bits per heavy atom. The van der Waals surface area contributed by atoms with Crippen LogP contribution in [-0.2, 0) is 16.1 Å². The molecule has 3 aliphatic carbocycles. The molecule has 1 aromatic carbocycles. The molecule has 3 aliphatic rings. The van der Waals surface area contributed by atoms with Crippen LogP contribution < -0.4 is 5.32 Å². The minimum Gasteiger partial charge on any atom is -0.481 e. The van der Waals surface area contributed by atoms with E-state index in [1.165, 1.54) is 0 Å². The summed E-state index contributed by atoms with van der Waals surface area (Å²) in [6.07, 6.45) is 1.55. The molecule has 2 N–H and O–H groups in total. The van der Waals surface area contributed by atoms with Gasteiger partial charge >= 0.3 is 12.1 Å². The normalized spacial score (nSPS) is 30.4. The lowest BCUT2D eigenvalue weighted by molar-refractivity contribution is -0.154. The zero-order chi connectivity index (χ0) is 14.2. The van der Waals surface area contributed by atoms with E-state index in [0.29, 0.717) is 18.8 Å². The van der Waals surface area contributed by atoms with Gasteiger partial charge in [0.1, 0.15) is 6.61 Å². The van der Waals surface area contributed by atoms with Crippen LogP contribution in [0.25, 0.3) is 0 Å². The average Bonchev–Trinajstić information content (AvgIpc) is 2.92. The number of fused-ring (bicyclic) bond motifs is 1. The molecule has 1 atom stereocenters. The largest absolute Gasteiger partial charge is 0.481 e. The van der Waals surface area contributed by atoms with Gasteiger partial charge in [-0.15, -0.1) is 0 Å². The molecule has 20 heavy (non-hydrogen) atoms. The van der Waals surface area contributed by atoms with Gasteiger partial charge in [-0.05, 0) is 30.7 Å². The zero-order valence-electron chi connectivity index (χ0n) is 11.0. The summed E-state index contributed by atoms with van der Waals surface area (Å²) >= 11 is 0. The van der Waals surface area contributed by atoms with Crippen LogP contribution in [0.5, 0.6) is 0 Å². The second kappa shape index (κ2) is 4.81. The second-order valence-corrected chi connectivity index (χ2v) is 5.73. The molecular weight excluding hydrogens is 258 g/mol. The van der Waals surface area contributed by atoms with Gasteiger partial charge in [-0.1, -0.05) is 30.3 Å². The molecule has 0 aromatic heterocycles. The van der Waals surface area contributed by atoms with E-state index < -0.39 is 17.5 Å². The number of ether oxygens (including phenoxy) is 1. The maximum atomic E-state index is 11.8. The summed E-state index contributed by atoms with van der Waals surface area (Å²) in [6.45, 7) is 0.197. The summed E-state index contributed by atoms with van der Waals surface area (Å²) < 4.78 is 5.14. The number of aliphatic carboxylic acids is 1. The molecule has 1 aromatic rings. The van der Waals surface area contributed by atoms with E-state index in [9.17, 15) is 14.7 Å². The SMILES string of the molecule is O=C(NC1CC2CC1(C(=O)O)C2)OCc1ccccc1. The first-order valence-electron chi connectivity index (χ1n) is 6.81. The third-order valence-electron chi connectivity index (χ3n) is 4.47. The molecular formula is C15H17NO4. The van der Waals surface area contributed by atoms with E-state index in [-0.39, 0.29) is 12.6 Å². The monoisotopic (exact) mass is 275 g/mol. The van der Waals surface area contributed by atoms with Gasteiger partial charge in [0.25, 0.3) is 0 Å². The van der Waals surface area contributed by atoms with Crippen molar-refractivity contribution < 1.29 is 19.4 Å². The van der Waals surface area contributed by atoms with Gasteiger partial charge in [0, 0.05) is 6.04 Å². The Morgan fingerprint density at radius 1 is 1.30 bits per heavy atom. The molecule has 0 aliphatic heterocycles. The van der Waals surface area contributed by atoms with Gasteiger partial charge in [0.2, 0.25) is 0 Å². The number of carbonyl (C=O) groups is 2. The van der Waals surface area contributed by atoms with Gasteiger partial charge in [0.15, 0.2) is 0 Å². The van der Waals surface area contributed by atoms with Crippen LogP contribution in [0.3, 0.4) is 0 Å². The lowest BCUT2D eigenvalue weighted by Gasteiger charge is -2.36. The minimum absolute atomic E-state index is 0.197. The van der Waals surface area contributed by atoms with Crippen LogP contribution in [-0.4, -0.2) is 23.2 Å². The maximum absolute atomic E-state index is 11.8. The Morgan fingerprint density at radius 3 is 2.65 bits per heavy atom. The van der Waals surface area contributed by atoms with Crippen molar-refractivity contribution in [1.82, 2.24) is 5.32 Å². The highest BCUT2D eigenvalue weighted by atomic mass is 16.5. The number of carbonyl (C=O) groups excluding carboxylic acids is 1. The number of nitrogens with one attached hydrogen (secondary N) is 1. The molecule has 5 nitrogen and oxygen atoms in total. The van der Waals surface area contributed by atoms with E-state index in [2.05, 4.69) is 5.32 Å².